The number of fused-ring (bicyclic) bond motifs is 2. The quantitative estimate of drug-likeness (QED) is 0.163. The minimum absolute atomic E-state index is 0.0341. The molecule has 2 aliphatic carbocycles. The molecule has 0 unspecified atom stereocenters. The van der Waals surface area contributed by atoms with Gasteiger partial charge in [-0.1, -0.05) is 6.07 Å². The smallest absolute Gasteiger partial charge is 0.270 e. The molecule has 3 aromatic heterocycles. The fraction of sp³-hybridized carbons (Fsp3) is 0.472. The van der Waals surface area contributed by atoms with E-state index in [4.69, 9.17) is 4.98 Å². The number of nitrogens with one attached hydrogen (secondary N) is 3. The van der Waals surface area contributed by atoms with Crippen molar-refractivity contribution in [1.29, 1.82) is 0 Å². The van der Waals surface area contributed by atoms with Crippen LogP contribution in [0.15, 0.2) is 73.3 Å². The third kappa shape index (κ3) is 8.49. The highest BCUT2D eigenvalue weighted by Crippen LogP contribution is 2.51. The van der Waals surface area contributed by atoms with E-state index in [0.717, 1.165) is 105 Å². The van der Waals surface area contributed by atoms with Crippen molar-refractivity contribution in [3.05, 3.63) is 95.8 Å². The number of likely N-dealkylation sites (tertiary alicyclic amines) is 1. The third-order valence-corrected chi connectivity index (χ3v) is 16.8. The normalized spacial score (nSPS) is 23.8. The summed E-state index contributed by atoms with van der Waals surface area (Å²) in [6.45, 7) is 8.87. The average Bonchev–Trinajstić information content (AvgIpc) is 3.91. The van der Waals surface area contributed by atoms with E-state index in [-0.39, 0.29) is 53.8 Å². The molecule has 5 aromatic rings. The van der Waals surface area contributed by atoms with Crippen molar-refractivity contribution >= 4 is 69.5 Å². The van der Waals surface area contributed by atoms with Gasteiger partial charge in [0.15, 0.2) is 17.0 Å². The number of hydrogen-bond donors (Lipinski definition) is 3. The molecule has 1 spiro atoms. The van der Waals surface area contributed by atoms with Crippen molar-refractivity contribution in [3.63, 3.8) is 0 Å². The van der Waals surface area contributed by atoms with E-state index >= 15 is 0 Å². The lowest BCUT2D eigenvalue weighted by Crippen LogP contribution is -2.59. The van der Waals surface area contributed by atoms with Crippen LogP contribution in [0.1, 0.15) is 107 Å². The number of anilines is 4. The van der Waals surface area contributed by atoms with Crippen LogP contribution in [-0.2, 0) is 14.4 Å². The van der Waals surface area contributed by atoms with E-state index in [2.05, 4.69) is 79.3 Å². The first-order valence-corrected chi connectivity index (χ1v) is 25.6. The first-order chi connectivity index (χ1) is 35.0. The molecule has 5 aliphatic heterocycles. The molecule has 6 amide bonds. The Morgan fingerprint density at radius 3 is 2.21 bits per heavy atom. The van der Waals surface area contributed by atoms with Gasteiger partial charge in [-0.05, 0) is 125 Å². The Morgan fingerprint density at radius 2 is 1.47 bits per heavy atom. The number of amides is 6. The zero-order chi connectivity index (χ0) is 49.3. The average molecular weight is 974 g/mol. The maximum absolute atomic E-state index is 13.8. The highest BCUT2D eigenvalue weighted by atomic mass is 16.2. The SMILES string of the molecule is Cc1cccc(C(=O)NC2CC(n3cnc4c(Nc5ccc(N6CCN(C7CC8(CCN(C(=O)C9CCN(c%10ccc%11c(c%10)C(=O)N([C@H]%10CCC(=O)NC%10=O)C%11=O)CC9)CC8)C7)CC6)cc5)ncnc43)C2)n1. The Bertz CT molecular complexity index is 2980. The van der Waals surface area contributed by atoms with Gasteiger partial charge in [0.05, 0.1) is 17.5 Å². The van der Waals surface area contributed by atoms with Crippen molar-refractivity contribution in [2.45, 2.75) is 95.3 Å². The van der Waals surface area contributed by atoms with E-state index < -0.39 is 29.7 Å². The second-order valence-corrected chi connectivity index (χ2v) is 21.0. The Balaban J connectivity index is 0.569. The summed E-state index contributed by atoms with van der Waals surface area (Å²) in [6, 6.07) is 19.1. The molecule has 72 heavy (non-hydrogen) atoms. The molecule has 12 rings (SSSR count). The standard InChI is InChI=1S/C53H59N13O6/c1-32-3-2-4-42(57-32)48(68)59-35-25-38(26-35)65-31-56-45-46(54-30-55-47(45)65)58-34-5-7-36(8-6-34)62-21-23-63(24-22-62)39-28-53(29-39)15-19-64(20-16-53)50(70)33-13-17-61(18-14-33)37-9-10-40-41(27-37)52(72)66(51(40)71)43-11-12-44(67)60-49(43)69/h2-10,27,30-31,33,35,38-39,43H,11-26,28-29H2,1H3,(H,59,68)(H,54,55,58)(H,60,67,69)/t35?,38?,43-/m0/s1. The lowest BCUT2D eigenvalue weighted by atomic mass is 9.60. The third-order valence-electron chi connectivity index (χ3n) is 16.8. The number of piperidine rings is 3. The number of rotatable bonds is 10. The van der Waals surface area contributed by atoms with Crippen molar-refractivity contribution in [1.82, 2.24) is 49.8 Å². The predicted octanol–water partition coefficient (Wildman–Crippen LogP) is 4.62. The van der Waals surface area contributed by atoms with Crippen LogP contribution in [0.4, 0.5) is 22.9 Å². The van der Waals surface area contributed by atoms with Gasteiger partial charge >= 0.3 is 0 Å². The zero-order valence-corrected chi connectivity index (χ0v) is 40.5. The summed E-state index contributed by atoms with van der Waals surface area (Å²) in [5.41, 5.74) is 6.55. The van der Waals surface area contributed by atoms with Crippen LogP contribution in [0.25, 0.3) is 11.2 Å². The molecule has 0 bridgehead atoms. The van der Waals surface area contributed by atoms with Crippen LogP contribution < -0.4 is 25.8 Å². The highest BCUT2D eigenvalue weighted by Gasteiger charge is 2.49. The molecule has 2 aromatic carbocycles. The van der Waals surface area contributed by atoms with Gasteiger partial charge in [0.1, 0.15) is 18.1 Å². The van der Waals surface area contributed by atoms with Crippen LogP contribution in [0.3, 0.4) is 0 Å². The second kappa shape index (κ2) is 18.4. The lowest BCUT2D eigenvalue weighted by Gasteiger charge is -2.56. The van der Waals surface area contributed by atoms with Gasteiger partial charge in [0.2, 0.25) is 17.7 Å². The van der Waals surface area contributed by atoms with Crippen molar-refractivity contribution in [2.24, 2.45) is 11.3 Å². The van der Waals surface area contributed by atoms with Crippen LogP contribution in [0, 0.1) is 18.3 Å². The number of benzene rings is 2. The molecule has 19 nitrogen and oxygen atoms in total. The number of pyridine rings is 1. The summed E-state index contributed by atoms with van der Waals surface area (Å²) in [7, 11) is 0. The Hall–Kier alpha value is -7.28. The number of aryl methyl sites for hydroxylation is 1. The second-order valence-electron chi connectivity index (χ2n) is 21.0. The Labute approximate surface area is 416 Å². The molecular formula is C53H59N13O6. The van der Waals surface area contributed by atoms with Gasteiger partial charge in [-0.3, -0.25) is 43.9 Å². The van der Waals surface area contributed by atoms with Gasteiger partial charge in [-0.2, -0.15) is 0 Å². The Morgan fingerprint density at radius 1 is 0.750 bits per heavy atom. The number of aromatic nitrogens is 5. The van der Waals surface area contributed by atoms with Crippen LogP contribution in [-0.4, -0.2) is 145 Å². The van der Waals surface area contributed by atoms with Gasteiger partial charge < -0.3 is 29.9 Å². The fourth-order valence-corrected chi connectivity index (χ4v) is 12.4. The first kappa shape index (κ1) is 45.8. The van der Waals surface area contributed by atoms with Crippen molar-refractivity contribution in [2.75, 3.05) is 67.5 Å². The molecule has 3 N–H and O–H groups in total. The number of nitrogens with zero attached hydrogens (tertiary/aromatic N) is 10. The highest BCUT2D eigenvalue weighted by molar-refractivity contribution is 6.23. The first-order valence-electron chi connectivity index (χ1n) is 25.6. The summed E-state index contributed by atoms with van der Waals surface area (Å²) >= 11 is 0. The van der Waals surface area contributed by atoms with Crippen LogP contribution in [0.2, 0.25) is 0 Å². The fourth-order valence-electron chi connectivity index (χ4n) is 12.4. The summed E-state index contributed by atoms with van der Waals surface area (Å²) < 4.78 is 2.09. The minimum Gasteiger partial charge on any atom is -0.371 e. The van der Waals surface area contributed by atoms with Crippen LogP contribution >= 0.6 is 0 Å². The molecule has 372 valence electrons. The van der Waals surface area contributed by atoms with E-state index in [9.17, 15) is 28.8 Å². The number of hydrogen-bond acceptors (Lipinski definition) is 14. The van der Waals surface area contributed by atoms with E-state index in [1.54, 1.807) is 24.5 Å². The van der Waals surface area contributed by atoms with E-state index in [1.807, 2.05) is 31.5 Å². The van der Waals surface area contributed by atoms with E-state index in [1.165, 1.54) is 18.5 Å². The van der Waals surface area contributed by atoms with Crippen LogP contribution in [0.5, 0.6) is 0 Å². The van der Waals surface area contributed by atoms with Gasteiger partial charge in [0, 0.05) is 106 Å². The largest absolute Gasteiger partial charge is 0.371 e. The molecule has 7 aliphatic rings. The van der Waals surface area contributed by atoms with Gasteiger partial charge in [-0.15, -0.1) is 0 Å². The minimum atomic E-state index is -0.995. The van der Waals surface area contributed by atoms with Gasteiger partial charge in [0.25, 0.3) is 17.7 Å². The summed E-state index contributed by atoms with van der Waals surface area (Å²) in [4.78, 5) is 106. The number of imide groups is 2. The lowest BCUT2D eigenvalue weighted by molar-refractivity contribution is -0.141. The molecular weight excluding hydrogens is 915 g/mol. The topological polar surface area (TPSA) is 211 Å². The summed E-state index contributed by atoms with van der Waals surface area (Å²) in [6.07, 6.45) is 11.1. The summed E-state index contributed by atoms with van der Waals surface area (Å²) in [5, 5.41) is 8.82. The predicted molar refractivity (Wildman–Crippen MR) is 267 cm³/mol. The van der Waals surface area contributed by atoms with E-state index in [0.29, 0.717) is 41.6 Å². The van der Waals surface area contributed by atoms with Crippen molar-refractivity contribution < 1.29 is 28.8 Å². The number of piperazine rings is 1. The molecule has 19 heteroatoms. The molecule has 4 saturated heterocycles. The summed E-state index contributed by atoms with van der Waals surface area (Å²) in [5.74, 6) is -1.32. The number of carbonyl (C=O) groups is 6. The molecule has 1 atom stereocenters. The van der Waals surface area contributed by atoms with Crippen molar-refractivity contribution in [3.8, 4) is 0 Å². The molecule has 2 saturated carbocycles. The maximum atomic E-state index is 13.8. The molecule has 0 radical (unpaired) electrons. The van der Waals surface area contributed by atoms with Gasteiger partial charge in [-0.25, -0.2) is 19.9 Å². The number of imidazole rings is 1. The molecule has 8 heterocycles. The Kier molecular flexibility index (Phi) is 11.7. The maximum Gasteiger partial charge on any atom is 0.270 e. The molecule has 6 fully saturated rings. The number of carbonyl (C=O) groups excluding carboxylic acids is 6. The monoisotopic (exact) mass is 973 g/mol. The zero-order valence-electron chi connectivity index (χ0n) is 40.5.